The molecule has 1 rings (SSSR count). The zero-order chi connectivity index (χ0) is 13.4. The van der Waals surface area contributed by atoms with Crippen molar-refractivity contribution in [2.75, 3.05) is 27.2 Å². The molecule has 0 aromatic heterocycles. The minimum atomic E-state index is -1.20. The Morgan fingerprint density at radius 1 is 1.44 bits per heavy atom. The van der Waals surface area contributed by atoms with Crippen LogP contribution in [0.3, 0.4) is 0 Å². The molecular weight excluding hydrogens is 230 g/mol. The van der Waals surface area contributed by atoms with Gasteiger partial charge in [0, 0.05) is 6.42 Å². The Balaban J connectivity index is 2.47. The first-order valence-electron chi connectivity index (χ1n) is 5.99. The van der Waals surface area contributed by atoms with Crippen molar-refractivity contribution < 1.29 is 19.5 Å². The average molecular weight is 249 g/mol. The summed E-state index contributed by atoms with van der Waals surface area (Å²) in [5, 5.41) is 10.3. The molecule has 4 nitrogen and oxygen atoms in total. The number of hydrogen-bond donors (Lipinski definition) is 1. The van der Waals surface area contributed by atoms with Crippen LogP contribution in [0, 0.1) is 0 Å². The fraction of sp³-hybridized carbons (Fsp3) is 0.357. The highest BCUT2D eigenvalue weighted by molar-refractivity contribution is 5.83. The third-order valence-electron chi connectivity index (χ3n) is 2.36. The van der Waals surface area contributed by atoms with Gasteiger partial charge < -0.3 is 19.5 Å². The number of ether oxygens (including phenoxy) is 1. The minimum absolute atomic E-state index is 0.666. The van der Waals surface area contributed by atoms with Gasteiger partial charge in [0.2, 0.25) is 0 Å². The quantitative estimate of drug-likeness (QED) is 0.517. The molecule has 0 aliphatic heterocycles. The highest BCUT2D eigenvalue weighted by atomic mass is 16.5. The van der Waals surface area contributed by atoms with Crippen LogP contribution < -0.4 is 14.7 Å². The summed E-state index contributed by atoms with van der Waals surface area (Å²) in [5.41, 5.74) is 0.787. The molecule has 0 saturated carbocycles. The molecule has 0 amide bonds. The molecule has 0 heterocycles. The first kappa shape index (κ1) is 14.3. The summed E-state index contributed by atoms with van der Waals surface area (Å²) in [5.74, 6) is -0.445. The van der Waals surface area contributed by atoms with Gasteiger partial charge in [-0.3, -0.25) is 0 Å². The molecule has 4 heteroatoms. The van der Waals surface area contributed by atoms with E-state index < -0.39 is 5.97 Å². The molecule has 0 aliphatic carbocycles. The lowest BCUT2D eigenvalue weighted by Gasteiger charge is -2.09. The van der Waals surface area contributed by atoms with Crippen molar-refractivity contribution in [2.24, 2.45) is 0 Å². The van der Waals surface area contributed by atoms with Gasteiger partial charge in [-0.05, 0) is 23.8 Å². The standard InChI is InChI=1S/C14H19NO3/c1-15(2)9-4-10-18-13-6-3-5-12(11-13)7-8-14(16)17/h3,5-8,11H,4,9-10H2,1-2H3,(H,16,17)/b8-7-. The number of rotatable bonds is 7. The molecule has 0 fully saturated rings. The van der Waals surface area contributed by atoms with E-state index in [4.69, 9.17) is 4.74 Å². The smallest absolute Gasteiger partial charge is 0.119 e. The van der Waals surface area contributed by atoms with Crippen LogP contribution in [0.1, 0.15) is 12.0 Å². The van der Waals surface area contributed by atoms with Gasteiger partial charge in [-0.2, -0.15) is 0 Å². The molecule has 0 spiro atoms. The van der Waals surface area contributed by atoms with Gasteiger partial charge in [0.15, 0.2) is 0 Å². The summed E-state index contributed by atoms with van der Waals surface area (Å²) < 4.78 is 5.59. The second kappa shape index (κ2) is 7.50. The van der Waals surface area contributed by atoms with Crippen molar-refractivity contribution in [3.05, 3.63) is 35.9 Å². The molecule has 0 unspecified atom stereocenters. The molecule has 0 bridgehead atoms. The highest BCUT2D eigenvalue weighted by Crippen LogP contribution is 2.14. The third-order valence-corrected chi connectivity index (χ3v) is 2.36. The zero-order valence-corrected chi connectivity index (χ0v) is 10.8. The van der Waals surface area contributed by atoms with Crippen molar-refractivity contribution in [1.29, 1.82) is 0 Å². The van der Waals surface area contributed by atoms with Crippen LogP contribution in [0.15, 0.2) is 30.3 Å². The zero-order valence-electron chi connectivity index (χ0n) is 10.8. The molecule has 0 radical (unpaired) electrons. The number of benzene rings is 1. The molecule has 1 aromatic carbocycles. The number of nitrogens with one attached hydrogen (secondary N) is 1. The van der Waals surface area contributed by atoms with Gasteiger partial charge in [-0.15, -0.1) is 0 Å². The van der Waals surface area contributed by atoms with Gasteiger partial charge in [-0.1, -0.05) is 18.2 Å². The van der Waals surface area contributed by atoms with Gasteiger partial charge >= 0.3 is 0 Å². The van der Waals surface area contributed by atoms with Gasteiger partial charge in [-0.25, -0.2) is 0 Å². The maximum absolute atomic E-state index is 10.3. The second-order valence-corrected chi connectivity index (χ2v) is 4.38. The Bertz CT molecular complexity index is 413. The minimum Gasteiger partial charge on any atom is -0.545 e. The van der Waals surface area contributed by atoms with E-state index in [-0.39, 0.29) is 0 Å². The number of carboxylic acids is 1. The number of carbonyl (C=O) groups excluding carboxylic acids is 1. The van der Waals surface area contributed by atoms with Crippen LogP contribution in [0.5, 0.6) is 5.75 Å². The van der Waals surface area contributed by atoms with Crippen molar-refractivity contribution in [3.63, 3.8) is 0 Å². The van der Waals surface area contributed by atoms with Crippen LogP contribution >= 0.6 is 0 Å². The Morgan fingerprint density at radius 3 is 2.89 bits per heavy atom. The van der Waals surface area contributed by atoms with E-state index >= 15 is 0 Å². The van der Waals surface area contributed by atoms with Crippen molar-refractivity contribution in [2.45, 2.75) is 6.42 Å². The number of hydrogen-bond acceptors (Lipinski definition) is 3. The largest absolute Gasteiger partial charge is 0.545 e. The van der Waals surface area contributed by atoms with E-state index in [2.05, 4.69) is 14.1 Å². The van der Waals surface area contributed by atoms with Gasteiger partial charge in [0.1, 0.15) is 5.75 Å². The van der Waals surface area contributed by atoms with E-state index in [9.17, 15) is 9.90 Å². The van der Waals surface area contributed by atoms with Crippen LogP contribution in [-0.2, 0) is 4.79 Å². The fourth-order valence-corrected chi connectivity index (χ4v) is 1.49. The van der Waals surface area contributed by atoms with E-state index in [1.807, 2.05) is 24.3 Å². The predicted octanol–water partition coefficient (Wildman–Crippen LogP) is -0.637. The highest BCUT2D eigenvalue weighted by Gasteiger charge is 1.97. The Kier molecular flexibility index (Phi) is 5.94. The van der Waals surface area contributed by atoms with E-state index in [1.165, 1.54) is 11.0 Å². The Hall–Kier alpha value is -1.81. The average Bonchev–Trinajstić information content (AvgIpc) is 2.32. The number of quaternary nitrogens is 1. The van der Waals surface area contributed by atoms with Gasteiger partial charge in [0.25, 0.3) is 0 Å². The van der Waals surface area contributed by atoms with Crippen LogP contribution in [0.25, 0.3) is 6.08 Å². The summed E-state index contributed by atoms with van der Waals surface area (Å²) in [6, 6.07) is 7.32. The topological polar surface area (TPSA) is 53.8 Å². The second-order valence-electron chi connectivity index (χ2n) is 4.38. The van der Waals surface area contributed by atoms with Crippen molar-refractivity contribution in [3.8, 4) is 5.75 Å². The fourth-order valence-electron chi connectivity index (χ4n) is 1.49. The summed E-state index contributed by atoms with van der Waals surface area (Å²) in [6.07, 6.45) is 3.49. The van der Waals surface area contributed by atoms with Crippen LogP contribution in [0.2, 0.25) is 0 Å². The number of carbonyl (C=O) groups is 1. The summed E-state index contributed by atoms with van der Waals surface area (Å²) in [7, 11) is 4.21. The normalized spacial score (nSPS) is 11.1. The summed E-state index contributed by atoms with van der Waals surface area (Å²) in [6.45, 7) is 1.73. The first-order chi connectivity index (χ1) is 8.58. The summed E-state index contributed by atoms with van der Waals surface area (Å²) >= 11 is 0. The molecule has 18 heavy (non-hydrogen) atoms. The molecular formula is C14H19NO3. The van der Waals surface area contributed by atoms with E-state index in [1.54, 1.807) is 0 Å². The van der Waals surface area contributed by atoms with Crippen molar-refractivity contribution >= 4 is 12.0 Å². The molecule has 0 aliphatic rings. The SMILES string of the molecule is C[NH+](C)CCCOc1cccc(/C=C\C(=O)[O-])c1. The van der Waals surface area contributed by atoms with Crippen molar-refractivity contribution in [1.82, 2.24) is 0 Å². The predicted molar refractivity (Wildman–Crippen MR) is 68.3 cm³/mol. The number of aliphatic carboxylic acids is 1. The van der Waals surface area contributed by atoms with E-state index in [0.29, 0.717) is 6.61 Å². The summed E-state index contributed by atoms with van der Waals surface area (Å²) in [4.78, 5) is 11.7. The third kappa shape index (κ3) is 6.06. The Morgan fingerprint density at radius 2 is 2.22 bits per heavy atom. The molecule has 0 saturated heterocycles. The maximum atomic E-state index is 10.3. The van der Waals surface area contributed by atoms with E-state index in [0.717, 1.165) is 30.4 Å². The maximum Gasteiger partial charge on any atom is 0.119 e. The van der Waals surface area contributed by atoms with Crippen LogP contribution in [0.4, 0.5) is 0 Å². The monoisotopic (exact) mass is 249 g/mol. The lowest BCUT2D eigenvalue weighted by molar-refractivity contribution is -0.858. The molecule has 0 atom stereocenters. The lowest BCUT2D eigenvalue weighted by Crippen LogP contribution is -3.05. The number of carboxylic acid groups (broad SMARTS) is 1. The first-order valence-corrected chi connectivity index (χ1v) is 5.99. The molecule has 1 N–H and O–H groups in total. The Labute approximate surface area is 107 Å². The lowest BCUT2D eigenvalue weighted by atomic mass is 10.2. The van der Waals surface area contributed by atoms with Crippen LogP contribution in [-0.4, -0.2) is 33.2 Å². The molecule has 98 valence electrons. The molecule has 1 aromatic rings. The van der Waals surface area contributed by atoms with Gasteiger partial charge in [0.05, 0.1) is 33.2 Å².